The molecule has 128 valence electrons. The minimum Gasteiger partial charge on any atom is -0.445 e. The number of aliphatic hydroxyl groups is 2. The van der Waals surface area contributed by atoms with E-state index in [1.165, 1.54) is 0 Å². The number of hydrogen-bond donors (Lipinski definition) is 3. The summed E-state index contributed by atoms with van der Waals surface area (Å²) >= 11 is 0. The highest BCUT2D eigenvalue weighted by Gasteiger charge is 2.21. The van der Waals surface area contributed by atoms with Crippen LogP contribution in [0.3, 0.4) is 0 Å². The summed E-state index contributed by atoms with van der Waals surface area (Å²) in [5, 5.41) is 21.9. The Morgan fingerprint density at radius 1 is 1.17 bits per heavy atom. The molecule has 8 heteroatoms. The topological polar surface area (TPSA) is 91.7 Å². The SMILES string of the molecule is O=C(NCC(O)C(O)c1cc(F)nc(F)c1)OCc1ccccc1. The number of ether oxygens (including phenoxy) is 1. The number of halogens is 2. The van der Waals surface area contributed by atoms with Crippen molar-refractivity contribution in [3.05, 3.63) is 65.5 Å². The zero-order valence-corrected chi connectivity index (χ0v) is 12.5. The van der Waals surface area contributed by atoms with Crippen molar-refractivity contribution in [1.82, 2.24) is 10.3 Å². The molecule has 24 heavy (non-hydrogen) atoms. The lowest BCUT2D eigenvalue weighted by atomic mass is 10.1. The lowest BCUT2D eigenvalue weighted by Gasteiger charge is -2.18. The van der Waals surface area contributed by atoms with Crippen LogP contribution in [0.15, 0.2) is 42.5 Å². The van der Waals surface area contributed by atoms with Gasteiger partial charge in [-0.3, -0.25) is 0 Å². The maximum Gasteiger partial charge on any atom is 0.407 e. The Hall–Kier alpha value is -2.58. The van der Waals surface area contributed by atoms with E-state index in [-0.39, 0.29) is 18.7 Å². The summed E-state index contributed by atoms with van der Waals surface area (Å²) in [6, 6.07) is 10.6. The molecule has 0 saturated carbocycles. The Labute approximate surface area is 136 Å². The van der Waals surface area contributed by atoms with Crippen molar-refractivity contribution in [2.24, 2.45) is 0 Å². The van der Waals surface area contributed by atoms with Crippen LogP contribution >= 0.6 is 0 Å². The van der Waals surface area contributed by atoms with E-state index in [0.29, 0.717) is 0 Å². The molecule has 2 rings (SSSR count). The Balaban J connectivity index is 1.81. The average molecular weight is 338 g/mol. The van der Waals surface area contributed by atoms with E-state index in [1.807, 2.05) is 6.07 Å². The second-order valence-corrected chi connectivity index (χ2v) is 5.00. The molecule has 0 aliphatic heterocycles. The third-order valence-electron chi connectivity index (χ3n) is 3.16. The number of pyridine rings is 1. The van der Waals surface area contributed by atoms with Gasteiger partial charge in [0, 0.05) is 6.54 Å². The maximum absolute atomic E-state index is 13.0. The van der Waals surface area contributed by atoms with Gasteiger partial charge in [0.05, 0.1) is 0 Å². The van der Waals surface area contributed by atoms with E-state index in [1.54, 1.807) is 24.3 Å². The summed E-state index contributed by atoms with van der Waals surface area (Å²) < 4.78 is 30.9. The summed E-state index contributed by atoms with van der Waals surface area (Å²) in [4.78, 5) is 14.4. The van der Waals surface area contributed by atoms with Gasteiger partial charge in [-0.05, 0) is 23.3 Å². The number of carbonyl (C=O) groups excluding carboxylic acids is 1. The molecule has 1 aromatic heterocycles. The van der Waals surface area contributed by atoms with Gasteiger partial charge in [-0.2, -0.15) is 13.8 Å². The number of hydrogen-bond acceptors (Lipinski definition) is 5. The smallest absolute Gasteiger partial charge is 0.407 e. The van der Waals surface area contributed by atoms with Crippen LogP contribution in [-0.2, 0) is 11.3 Å². The molecule has 0 aliphatic carbocycles. The Morgan fingerprint density at radius 2 is 1.79 bits per heavy atom. The first kappa shape index (κ1) is 17.8. The van der Waals surface area contributed by atoms with Crippen LogP contribution in [0.2, 0.25) is 0 Å². The molecule has 0 radical (unpaired) electrons. The van der Waals surface area contributed by atoms with Crippen LogP contribution in [0.5, 0.6) is 0 Å². The number of aliphatic hydroxyl groups excluding tert-OH is 2. The highest BCUT2D eigenvalue weighted by molar-refractivity contribution is 5.67. The van der Waals surface area contributed by atoms with Crippen molar-refractivity contribution < 1.29 is 28.5 Å². The predicted octanol–water partition coefficient (Wildman–Crippen LogP) is 1.68. The number of carbonyl (C=O) groups is 1. The van der Waals surface area contributed by atoms with Gasteiger partial charge in [0.2, 0.25) is 11.9 Å². The van der Waals surface area contributed by atoms with E-state index < -0.39 is 30.2 Å². The van der Waals surface area contributed by atoms with Crippen LogP contribution in [0.1, 0.15) is 17.2 Å². The summed E-state index contributed by atoms with van der Waals surface area (Å²) in [5.41, 5.74) is 0.600. The quantitative estimate of drug-likeness (QED) is 0.697. The Kier molecular flexibility index (Phi) is 6.16. The highest BCUT2D eigenvalue weighted by atomic mass is 19.1. The third kappa shape index (κ3) is 5.25. The van der Waals surface area contributed by atoms with Crippen LogP contribution < -0.4 is 5.32 Å². The normalized spacial score (nSPS) is 13.2. The van der Waals surface area contributed by atoms with E-state index in [0.717, 1.165) is 17.7 Å². The van der Waals surface area contributed by atoms with Crippen molar-refractivity contribution in [2.45, 2.75) is 18.8 Å². The molecule has 3 N–H and O–H groups in total. The van der Waals surface area contributed by atoms with Crippen molar-refractivity contribution in [2.75, 3.05) is 6.54 Å². The van der Waals surface area contributed by atoms with Crippen LogP contribution in [-0.4, -0.2) is 33.9 Å². The molecule has 1 heterocycles. The fraction of sp³-hybridized carbons (Fsp3) is 0.250. The number of rotatable bonds is 6. The zero-order valence-electron chi connectivity index (χ0n) is 12.5. The zero-order chi connectivity index (χ0) is 17.5. The second kappa shape index (κ2) is 8.32. The fourth-order valence-corrected chi connectivity index (χ4v) is 1.95. The first-order valence-corrected chi connectivity index (χ1v) is 7.09. The highest BCUT2D eigenvalue weighted by Crippen LogP contribution is 2.17. The minimum absolute atomic E-state index is 0.0477. The van der Waals surface area contributed by atoms with E-state index in [2.05, 4.69) is 10.3 Å². The molecule has 1 aromatic carbocycles. The standard InChI is InChI=1S/C16H16F2N2O4/c17-13-6-11(7-14(18)20-13)15(22)12(21)8-19-16(23)24-9-10-4-2-1-3-5-10/h1-7,12,15,21-22H,8-9H2,(H,19,23). The van der Waals surface area contributed by atoms with Crippen molar-refractivity contribution in [3.63, 3.8) is 0 Å². The number of nitrogens with one attached hydrogen (secondary N) is 1. The Bertz CT molecular complexity index is 665. The van der Waals surface area contributed by atoms with Gasteiger partial charge in [0.15, 0.2) is 0 Å². The maximum atomic E-state index is 13.0. The minimum atomic E-state index is -1.59. The number of nitrogens with zero attached hydrogens (tertiary/aromatic N) is 1. The second-order valence-electron chi connectivity index (χ2n) is 5.00. The first-order valence-electron chi connectivity index (χ1n) is 7.09. The van der Waals surface area contributed by atoms with Gasteiger partial charge in [0.1, 0.15) is 18.8 Å². The molecule has 0 spiro atoms. The molecule has 2 aromatic rings. The summed E-state index contributed by atoms with van der Waals surface area (Å²) in [7, 11) is 0. The fourth-order valence-electron chi connectivity index (χ4n) is 1.95. The van der Waals surface area contributed by atoms with Crippen LogP contribution in [0.25, 0.3) is 0 Å². The van der Waals surface area contributed by atoms with Gasteiger partial charge in [-0.1, -0.05) is 30.3 Å². The molecule has 2 atom stereocenters. The van der Waals surface area contributed by atoms with Gasteiger partial charge >= 0.3 is 6.09 Å². The van der Waals surface area contributed by atoms with E-state index in [9.17, 15) is 23.8 Å². The number of benzene rings is 1. The monoisotopic (exact) mass is 338 g/mol. The molecule has 6 nitrogen and oxygen atoms in total. The molecule has 0 aliphatic rings. The van der Waals surface area contributed by atoms with Crippen LogP contribution in [0.4, 0.5) is 13.6 Å². The number of alkyl carbamates (subject to hydrolysis) is 1. The van der Waals surface area contributed by atoms with Crippen LogP contribution in [0, 0.1) is 11.9 Å². The van der Waals surface area contributed by atoms with Crippen molar-refractivity contribution in [3.8, 4) is 0 Å². The molecule has 0 fully saturated rings. The summed E-state index contributed by atoms with van der Waals surface area (Å²) in [6.45, 7) is -0.313. The molecule has 2 unspecified atom stereocenters. The number of aromatic nitrogens is 1. The summed E-state index contributed by atoms with van der Waals surface area (Å²) in [6.07, 6.45) is -3.86. The lowest BCUT2D eigenvalue weighted by Crippen LogP contribution is -2.35. The van der Waals surface area contributed by atoms with E-state index in [4.69, 9.17) is 4.74 Å². The van der Waals surface area contributed by atoms with Gasteiger partial charge < -0.3 is 20.3 Å². The number of amides is 1. The van der Waals surface area contributed by atoms with Gasteiger partial charge in [-0.25, -0.2) is 4.79 Å². The molecular weight excluding hydrogens is 322 g/mol. The third-order valence-corrected chi connectivity index (χ3v) is 3.16. The van der Waals surface area contributed by atoms with Crippen molar-refractivity contribution in [1.29, 1.82) is 0 Å². The van der Waals surface area contributed by atoms with Gasteiger partial charge in [-0.15, -0.1) is 0 Å². The predicted molar refractivity (Wildman–Crippen MR) is 79.7 cm³/mol. The van der Waals surface area contributed by atoms with Crippen molar-refractivity contribution >= 4 is 6.09 Å². The molecular formula is C16H16F2N2O4. The van der Waals surface area contributed by atoms with Gasteiger partial charge in [0.25, 0.3) is 0 Å². The first-order chi connectivity index (χ1) is 11.5. The molecule has 0 bridgehead atoms. The summed E-state index contributed by atoms with van der Waals surface area (Å²) in [5.74, 6) is -2.24. The lowest BCUT2D eigenvalue weighted by molar-refractivity contribution is 0.0179. The van der Waals surface area contributed by atoms with E-state index >= 15 is 0 Å². The molecule has 0 saturated heterocycles. The average Bonchev–Trinajstić information content (AvgIpc) is 2.57. The Morgan fingerprint density at radius 3 is 2.42 bits per heavy atom. The largest absolute Gasteiger partial charge is 0.445 e. The molecule has 1 amide bonds.